The fourth-order valence-electron chi connectivity index (χ4n) is 3.23. The monoisotopic (exact) mass is 394 g/mol. The number of carbonyl (C=O) groups excluding carboxylic acids is 1. The first kappa shape index (κ1) is 20.8. The minimum Gasteiger partial charge on any atom is -0.482 e. The zero-order chi connectivity index (χ0) is 20.3. The van der Waals surface area contributed by atoms with E-state index < -0.39 is 0 Å². The summed E-state index contributed by atoms with van der Waals surface area (Å²) in [6.07, 6.45) is 4.34. The van der Waals surface area contributed by atoms with Crippen molar-refractivity contribution in [3.63, 3.8) is 0 Å². The lowest BCUT2D eigenvalue weighted by atomic mass is 10.2. The van der Waals surface area contributed by atoms with Crippen LogP contribution in [0.5, 0.6) is 5.75 Å². The molecule has 1 amide bonds. The lowest BCUT2D eigenvalue weighted by molar-refractivity contribution is -0.134. The van der Waals surface area contributed by atoms with Gasteiger partial charge < -0.3 is 14.4 Å². The number of hydrogen-bond donors (Lipinski definition) is 0. The molecule has 1 aromatic carbocycles. The fourth-order valence-corrected chi connectivity index (χ4v) is 3.23. The minimum atomic E-state index is -0.100. The molecule has 0 spiro atoms. The van der Waals surface area contributed by atoms with Gasteiger partial charge in [0.1, 0.15) is 11.8 Å². The lowest BCUT2D eigenvalue weighted by Gasteiger charge is -2.28. The van der Waals surface area contributed by atoms with Crippen LogP contribution in [0.2, 0.25) is 0 Å². The van der Waals surface area contributed by atoms with Crippen LogP contribution in [0.4, 0.5) is 0 Å². The molecule has 0 bridgehead atoms. The van der Waals surface area contributed by atoms with E-state index in [1.165, 1.54) is 0 Å². The van der Waals surface area contributed by atoms with Crippen LogP contribution in [-0.4, -0.2) is 66.7 Å². The highest BCUT2D eigenvalue weighted by Gasteiger charge is 2.17. The maximum absolute atomic E-state index is 12.9. The Balaban J connectivity index is 1.58. The van der Waals surface area contributed by atoms with Gasteiger partial charge in [-0.2, -0.15) is 5.26 Å². The first-order valence-corrected chi connectivity index (χ1v) is 9.85. The molecule has 1 aliphatic heterocycles. The number of nitriles is 1. The summed E-state index contributed by atoms with van der Waals surface area (Å²) in [5.41, 5.74) is 1.45. The van der Waals surface area contributed by atoms with Gasteiger partial charge in [-0.25, -0.2) is 0 Å². The van der Waals surface area contributed by atoms with Crippen LogP contribution in [0.1, 0.15) is 17.5 Å². The molecule has 0 atom stereocenters. The molecule has 29 heavy (non-hydrogen) atoms. The predicted molar refractivity (Wildman–Crippen MR) is 108 cm³/mol. The van der Waals surface area contributed by atoms with E-state index in [2.05, 4.69) is 16.0 Å². The van der Waals surface area contributed by atoms with Crippen molar-refractivity contribution in [1.29, 1.82) is 5.26 Å². The van der Waals surface area contributed by atoms with E-state index in [0.29, 0.717) is 24.4 Å². The Morgan fingerprint density at radius 3 is 2.72 bits per heavy atom. The van der Waals surface area contributed by atoms with Gasteiger partial charge in [0.2, 0.25) is 0 Å². The van der Waals surface area contributed by atoms with E-state index in [1.54, 1.807) is 36.7 Å². The first-order chi connectivity index (χ1) is 14.3. The third-order valence-corrected chi connectivity index (χ3v) is 4.84. The summed E-state index contributed by atoms with van der Waals surface area (Å²) in [6, 6.07) is 12.9. The number of amides is 1. The molecule has 3 rings (SSSR count). The molecule has 2 heterocycles. The summed E-state index contributed by atoms with van der Waals surface area (Å²) in [5, 5.41) is 9.18. The van der Waals surface area contributed by atoms with Crippen LogP contribution >= 0.6 is 0 Å². The Morgan fingerprint density at radius 2 is 1.97 bits per heavy atom. The van der Waals surface area contributed by atoms with Crippen LogP contribution in [0.25, 0.3) is 0 Å². The standard InChI is InChI=1S/C22H26N4O3/c23-16-20-4-1-2-5-21(20)29-18-22(27)26(17-19-6-8-24-9-7-19)11-3-10-25-12-14-28-15-13-25/h1-2,4-9H,3,10-15,17-18H2. The van der Waals surface area contributed by atoms with Crippen LogP contribution in [0.15, 0.2) is 48.8 Å². The van der Waals surface area contributed by atoms with Crippen molar-refractivity contribution < 1.29 is 14.3 Å². The van der Waals surface area contributed by atoms with Crippen molar-refractivity contribution in [2.45, 2.75) is 13.0 Å². The second kappa shape index (κ2) is 11.1. The molecule has 7 nitrogen and oxygen atoms in total. The molecule has 0 radical (unpaired) electrons. The normalized spacial score (nSPS) is 14.2. The summed E-state index contributed by atoms with van der Waals surface area (Å²) in [5.74, 6) is 0.331. The molecule has 0 saturated carbocycles. The summed E-state index contributed by atoms with van der Waals surface area (Å²) in [4.78, 5) is 21.1. The summed E-state index contributed by atoms with van der Waals surface area (Å²) in [6.45, 7) is 5.40. The van der Waals surface area contributed by atoms with E-state index in [-0.39, 0.29) is 12.5 Å². The largest absolute Gasteiger partial charge is 0.482 e. The second-order valence-electron chi connectivity index (χ2n) is 6.87. The number of rotatable bonds is 9. The third kappa shape index (κ3) is 6.56. The van der Waals surface area contributed by atoms with Crippen molar-refractivity contribution in [2.24, 2.45) is 0 Å². The van der Waals surface area contributed by atoms with Gasteiger partial charge in [0, 0.05) is 45.1 Å². The highest BCUT2D eigenvalue weighted by Crippen LogP contribution is 2.17. The molecule has 1 saturated heterocycles. The zero-order valence-corrected chi connectivity index (χ0v) is 16.5. The van der Waals surface area contributed by atoms with Crippen LogP contribution < -0.4 is 4.74 Å². The number of benzene rings is 1. The molecular weight excluding hydrogens is 368 g/mol. The number of morpholine rings is 1. The maximum atomic E-state index is 12.9. The van der Waals surface area contributed by atoms with Crippen molar-refractivity contribution in [3.8, 4) is 11.8 Å². The molecule has 0 N–H and O–H groups in total. The van der Waals surface area contributed by atoms with Gasteiger partial charge >= 0.3 is 0 Å². The maximum Gasteiger partial charge on any atom is 0.260 e. The average Bonchev–Trinajstić information content (AvgIpc) is 2.78. The Morgan fingerprint density at radius 1 is 1.21 bits per heavy atom. The number of nitrogens with zero attached hydrogens (tertiary/aromatic N) is 4. The van der Waals surface area contributed by atoms with E-state index in [4.69, 9.17) is 9.47 Å². The van der Waals surface area contributed by atoms with E-state index >= 15 is 0 Å². The van der Waals surface area contributed by atoms with Crippen molar-refractivity contribution in [3.05, 3.63) is 59.9 Å². The number of carbonyl (C=O) groups is 1. The Labute approximate surface area is 171 Å². The fraction of sp³-hybridized carbons (Fsp3) is 0.409. The predicted octanol–water partition coefficient (Wildman–Crippen LogP) is 2.08. The lowest BCUT2D eigenvalue weighted by Crippen LogP contribution is -2.40. The van der Waals surface area contributed by atoms with Gasteiger partial charge in [-0.15, -0.1) is 0 Å². The molecule has 2 aromatic rings. The van der Waals surface area contributed by atoms with Crippen molar-refractivity contribution >= 4 is 5.91 Å². The second-order valence-corrected chi connectivity index (χ2v) is 6.87. The van der Waals surface area contributed by atoms with Gasteiger partial charge in [0.05, 0.1) is 18.8 Å². The summed E-state index contributed by atoms with van der Waals surface area (Å²) < 4.78 is 11.0. The van der Waals surface area contributed by atoms with Crippen LogP contribution in [-0.2, 0) is 16.1 Å². The molecule has 0 aliphatic carbocycles. The minimum absolute atomic E-state index is 0.0959. The Bertz CT molecular complexity index is 816. The Hall–Kier alpha value is -2.95. The van der Waals surface area contributed by atoms with Crippen molar-refractivity contribution in [1.82, 2.24) is 14.8 Å². The van der Waals surface area contributed by atoms with E-state index in [0.717, 1.165) is 44.8 Å². The van der Waals surface area contributed by atoms with Gasteiger partial charge in [-0.05, 0) is 36.2 Å². The molecule has 152 valence electrons. The number of pyridine rings is 1. The molecule has 1 aromatic heterocycles. The van der Waals surface area contributed by atoms with Crippen LogP contribution in [0, 0.1) is 11.3 Å². The van der Waals surface area contributed by atoms with Gasteiger partial charge in [0.25, 0.3) is 5.91 Å². The van der Waals surface area contributed by atoms with Crippen LogP contribution in [0.3, 0.4) is 0 Å². The molecule has 0 unspecified atom stereocenters. The quantitative estimate of drug-likeness (QED) is 0.648. The van der Waals surface area contributed by atoms with Gasteiger partial charge in [0.15, 0.2) is 6.61 Å². The topological polar surface area (TPSA) is 78.7 Å². The molecular formula is C22H26N4O3. The number of ether oxygens (including phenoxy) is 2. The number of aromatic nitrogens is 1. The smallest absolute Gasteiger partial charge is 0.260 e. The Kier molecular flexibility index (Phi) is 7.99. The van der Waals surface area contributed by atoms with Crippen molar-refractivity contribution in [2.75, 3.05) is 46.0 Å². The summed E-state index contributed by atoms with van der Waals surface area (Å²) in [7, 11) is 0. The number of hydrogen-bond acceptors (Lipinski definition) is 6. The molecule has 7 heteroatoms. The van der Waals surface area contributed by atoms with Gasteiger partial charge in [-0.3, -0.25) is 14.7 Å². The highest BCUT2D eigenvalue weighted by atomic mass is 16.5. The molecule has 1 aliphatic rings. The SMILES string of the molecule is N#Cc1ccccc1OCC(=O)N(CCCN1CCOCC1)Cc1ccncc1. The summed E-state index contributed by atoms with van der Waals surface area (Å²) >= 11 is 0. The van der Waals surface area contributed by atoms with E-state index in [1.807, 2.05) is 17.0 Å². The third-order valence-electron chi connectivity index (χ3n) is 4.84. The van der Waals surface area contributed by atoms with Gasteiger partial charge in [-0.1, -0.05) is 12.1 Å². The highest BCUT2D eigenvalue weighted by molar-refractivity contribution is 5.77. The zero-order valence-electron chi connectivity index (χ0n) is 16.5. The average molecular weight is 394 g/mol. The first-order valence-electron chi connectivity index (χ1n) is 9.85. The number of para-hydroxylation sites is 1. The molecule has 1 fully saturated rings. The van der Waals surface area contributed by atoms with E-state index in [9.17, 15) is 10.1 Å².